The fraction of sp³-hybridized carbons (Fsp3) is 0.692. The van der Waals surface area contributed by atoms with E-state index in [2.05, 4.69) is 15.0 Å². The van der Waals surface area contributed by atoms with Gasteiger partial charge in [-0.05, 0) is 32.4 Å². The third-order valence-electron chi connectivity index (χ3n) is 3.41. The Balaban J connectivity index is 2.07. The zero-order valence-electron chi connectivity index (χ0n) is 12.0. The van der Waals surface area contributed by atoms with Crippen LogP contribution in [0.4, 0.5) is 0 Å². The van der Waals surface area contributed by atoms with Crippen molar-refractivity contribution >= 4 is 10.0 Å². The van der Waals surface area contributed by atoms with E-state index < -0.39 is 15.6 Å². The Morgan fingerprint density at radius 1 is 1.50 bits per heavy atom. The van der Waals surface area contributed by atoms with E-state index in [9.17, 15) is 8.42 Å². The molecule has 20 heavy (non-hydrogen) atoms. The highest BCUT2D eigenvalue weighted by atomic mass is 32.2. The first-order valence-corrected chi connectivity index (χ1v) is 8.43. The summed E-state index contributed by atoms with van der Waals surface area (Å²) in [5.41, 5.74) is 0.341. The average molecular weight is 301 g/mol. The van der Waals surface area contributed by atoms with Crippen LogP contribution in [0.15, 0.2) is 17.2 Å². The molecule has 1 fully saturated rings. The third kappa shape index (κ3) is 3.82. The van der Waals surface area contributed by atoms with Crippen molar-refractivity contribution in [2.45, 2.75) is 43.7 Å². The summed E-state index contributed by atoms with van der Waals surface area (Å²) in [4.78, 5) is 3.26. The van der Waals surface area contributed by atoms with Gasteiger partial charge in [0.15, 0.2) is 0 Å². The Morgan fingerprint density at radius 3 is 2.95 bits per heavy atom. The second-order valence-electron chi connectivity index (χ2n) is 5.46. The number of aromatic nitrogens is 1. The lowest BCUT2D eigenvalue weighted by Crippen LogP contribution is -2.51. The van der Waals surface area contributed by atoms with Crippen LogP contribution >= 0.6 is 0 Å². The first-order chi connectivity index (χ1) is 9.45. The van der Waals surface area contributed by atoms with Gasteiger partial charge in [-0.3, -0.25) is 0 Å². The molecule has 114 valence electrons. The lowest BCUT2D eigenvalue weighted by molar-refractivity contribution is 0.0386. The first kappa shape index (κ1) is 15.5. The van der Waals surface area contributed by atoms with Crippen molar-refractivity contribution in [3.05, 3.63) is 18.0 Å². The summed E-state index contributed by atoms with van der Waals surface area (Å²) in [6.07, 6.45) is 3.20. The van der Waals surface area contributed by atoms with Crippen molar-refractivity contribution in [1.29, 1.82) is 0 Å². The highest BCUT2D eigenvalue weighted by Gasteiger charge is 2.33. The number of rotatable bonds is 6. The van der Waals surface area contributed by atoms with Crippen molar-refractivity contribution in [2.24, 2.45) is 0 Å². The van der Waals surface area contributed by atoms with Crippen LogP contribution in [0.1, 0.15) is 32.4 Å². The number of hydrogen-bond donors (Lipinski definition) is 3. The Hall–Kier alpha value is -0.890. The fourth-order valence-electron chi connectivity index (χ4n) is 2.33. The van der Waals surface area contributed by atoms with Gasteiger partial charge in [0.25, 0.3) is 0 Å². The van der Waals surface area contributed by atoms with Crippen LogP contribution in [-0.2, 0) is 21.3 Å². The monoisotopic (exact) mass is 301 g/mol. The highest BCUT2D eigenvalue weighted by Crippen LogP contribution is 2.22. The molecule has 0 aromatic carbocycles. The molecule has 0 aliphatic carbocycles. The molecule has 7 heteroatoms. The van der Waals surface area contributed by atoms with Crippen molar-refractivity contribution < 1.29 is 13.2 Å². The molecule has 1 aliphatic heterocycles. The number of hydrogen-bond acceptors (Lipinski definition) is 4. The largest absolute Gasteiger partial charge is 0.380 e. The van der Waals surface area contributed by atoms with Gasteiger partial charge >= 0.3 is 0 Å². The van der Waals surface area contributed by atoms with Gasteiger partial charge in [0, 0.05) is 25.0 Å². The number of nitrogens with one attached hydrogen (secondary N) is 3. The Morgan fingerprint density at radius 2 is 2.30 bits per heavy atom. The van der Waals surface area contributed by atoms with Crippen molar-refractivity contribution in [2.75, 3.05) is 19.8 Å². The molecule has 2 rings (SSSR count). The number of aromatic amines is 1. The van der Waals surface area contributed by atoms with E-state index in [-0.39, 0.29) is 4.90 Å². The van der Waals surface area contributed by atoms with E-state index in [4.69, 9.17) is 4.74 Å². The molecule has 0 amide bonds. The van der Waals surface area contributed by atoms with Crippen molar-refractivity contribution in [3.8, 4) is 0 Å². The van der Waals surface area contributed by atoms with E-state index in [1.54, 1.807) is 6.07 Å². The van der Waals surface area contributed by atoms with Crippen LogP contribution in [0.3, 0.4) is 0 Å². The maximum absolute atomic E-state index is 12.4. The lowest BCUT2D eigenvalue weighted by atomic mass is 9.97. The second-order valence-corrected chi connectivity index (χ2v) is 7.15. The van der Waals surface area contributed by atoms with Gasteiger partial charge in [-0.2, -0.15) is 0 Å². The standard InChI is InChI=1S/C13H23N3O3S/c1-3-14-8-11-7-12(9-15-11)20(17,18)16-13(2)5-4-6-19-10-13/h7,9,14-16H,3-6,8,10H2,1-2H3. The van der Waals surface area contributed by atoms with Gasteiger partial charge in [-0.15, -0.1) is 0 Å². The molecule has 6 nitrogen and oxygen atoms in total. The molecule has 0 saturated carbocycles. The molecular weight excluding hydrogens is 278 g/mol. The van der Waals surface area contributed by atoms with E-state index in [0.29, 0.717) is 19.8 Å². The molecule has 1 saturated heterocycles. The molecule has 0 bridgehead atoms. The van der Waals surface area contributed by atoms with Crippen molar-refractivity contribution in [1.82, 2.24) is 15.0 Å². The minimum Gasteiger partial charge on any atom is -0.380 e. The molecule has 1 aromatic rings. The molecular formula is C13H23N3O3S. The molecule has 3 N–H and O–H groups in total. The summed E-state index contributed by atoms with van der Waals surface area (Å²) in [5.74, 6) is 0. The summed E-state index contributed by atoms with van der Waals surface area (Å²) in [6.45, 7) is 6.48. The molecule has 1 aliphatic rings. The summed E-state index contributed by atoms with van der Waals surface area (Å²) in [5, 5.41) is 3.15. The van der Waals surface area contributed by atoms with Crippen molar-refractivity contribution in [3.63, 3.8) is 0 Å². The summed E-state index contributed by atoms with van der Waals surface area (Å²) in [6, 6.07) is 1.66. The third-order valence-corrected chi connectivity index (χ3v) is 5.03. The lowest BCUT2D eigenvalue weighted by Gasteiger charge is -2.33. The number of H-pyrrole nitrogens is 1. The Kier molecular flexibility index (Phi) is 4.85. The van der Waals surface area contributed by atoms with E-state index in [1.807, 2.05) is 13.8 Å². The maximum atomic E-state index is 12.4. The van der Waals surface area contributed by atoms with Gasteiger partial charge in [-0.25, -0.2) is 13.1 Å². The highest BCUT2D eigenvalue weighted by molar-refractivity contribution is 7.89. The minimum absolute atomic E-state index is 0.275. The van der Waals surface area contributed by atoms with Crippen LogP contribution in [0.25, 0.3) is 0 Å². The molecule has 1 atom stereocenters. The maximum Gasteiger partial charge on any atom is 0.242 e. The molecule has 0 spiro atoms. The van der Waals surface area contributed by atoms with Crippen LogP contribution < -0.4 is 10.0 Å². The summed E-state index contributed by atoms with van der Waals surface area (Å²) >= 11 is 0. The van der Waals surface area contributed by atoms with Gasteiger partial charge in [0.05, 0.1) is 17.0 Å². The fourth-order valence-corrected chi connectivity index (χ4v) is 3.77. The van der Waals surface area contributed by atoms with Crippen LogP contribution in [0.5, 0.6) is 0 Å². The van der Waals surface area contributed by atoms with E-state index >= 15 is 0 Å². The number of ether oxygens (including phenoxy) is 1. The first-order valence-electron chi connectivity index (χ1n) is 6.95. The van der Waals surface area contributed by atoms with E-state index in [1.165, 1.54) is 6.20 Å². The molecule has 2 heterocycles. The van der Waals surface area contributed by atoms with Crippen LogP contribution in [-0.4, -0.2) is 38.7 Å². The molecule has 1 aromatic heterocycles. The predicted octanol–water partition coefficient (Wildman–Crippen LogP) is 0.972. The number of sulfonamides is 1. The van der Waals surface area contributed by atoms with Gasteiger partial charge in [0.1, 0.15) is 0 Å². The van der Waals surface area contributed by atoms with E-state index in [0.717, 1.165) is 25.1 Å². The summed E-state index contributed by atoms with van der Waals surface area (Å²) < 4.78 is 32.9. The Bertz CT molecular complexity index is 533. The SMILES string of the molecule is CCNCc1cc(S(=O)(=O)NC2(C)CCCOC2)c[nH]1. The quantitative estimate of drug-likeness (QED) is 0.731. The zero-order valence-corrected chi connectivity index (χ0v) is 12.8. The van der Waals surface area contributed by atoms with Gasteiger partial charge in [0.2, 0.25) is 10.0 Å². The smallest absolute Gasteiger partial charge is 0.242 e. The van der Waals surface area contributed by atoms with Gasteiger partial charge in [-0.1, -0.05) is 6.92 Å². The average Bonchev–Trinajstić information content (AvgIpc) is 2.85. The second kappa shape index (κ2) is 6.26. The topological polar surface area (TPSA) is 83.2 Å². The summed E-state index contributed by atoms with van der Waals surface area (Å²) in [7, 11) is -3.51. The zero-order chi connectivity index (χ0) is 14.6. The molecule has 0 radical (unpaired) electrons. The van der Waals surface area contributed by atoms with Crippen LogP contribution in [0, 0.1) is 0 Å². The predicted molar refractivity (Wildman–Crippen MR) is 77.0 cm³/mol. The molecule has 1 unspecified atom stereocenters. The van der Waals surface area contributed by atoms with Crippen LogP contribution in [0.2, 0.25) is 0 Å². The van der Waals surface area contributed by atoms with Gasteiger partial charge < -0.3 is 15.0 Å². The minimum atomic E-state index is -3.51. The normalized spacial score (nSPS) is 23.9. The Labute approximate surface area is 120 Å².